The van der Waals surface area contributed by atoms with Gasteiger partial charge in [0.15, 0.2) is 0 Å². The van der Waals surface area contributed by atoms with Gasteiger partial charge in [-0.05, 0) is 43.7 Å². The van der Waals surface area contributed by atoms with E-state index in [1.165, 1.54) is 0 Å². The zero-order chi connectivity index (χ0) is 19.8. The van der Waals surface area contributed by atoms with Gasteiger partial charge in [-0.3, -0.25) is 9.59 Å². The summed E-state index contributed by atoms with van der Waals surface area (Å²) in [4.78, 5) is 25.3. The highest BCUT2D eigenvalue weighted by Crippen LogP contribution is 2.39. The van der Waals surface area contributed by atoms with Gasteiger partial charge >= 0.3 is 5.97 Å². The molecule has 6 nitrogen and oxygen atoms in total. The number of esters is 1. The lowest BCUT2D eigenvalue weighted by atomic mass is 9.93. The Morgan fingerprint density at radius 1 is 1.21 bits per heavy atom. The van der Waals surface area contributed by atoms with Crippen LogP contribution in [0.15, 0.2) is 48.5 Å². The van der Waals surface area contributed by atoms with Gasteiger partial charge in [0, 0.05) is 10.7 Å². The molecule has 4 rings (SSSR count). The molecular weight excluding hydrogens is 378 g/mol. The molecule has 0 radical (unpaired) electrons. The number of carbonyl (C=O) groups excluding carboxylic acids is 2. The molecule has 1 atom stereocenters. The highest BCUT2D eigenvalue weighted by atomic mass is 35.5. The van der Waals surface area contributed by atoms with Crippen molar-refractivity contribution < 1.29 is 14.3 Å². The number of halogens is 1. The third-order valence-electron chi connectivity index (χ3n) is 4.77. The highest BCUT2D eigenvalue weighted by Gasteiger charge is 2.38. The number of carbonyl (C=O) groups is 2. The molecule has 0 aliphatic carbocycles. The highest BCUT2D eigenvalue weighted by molar-refractivity contribution is 6.31. The van der Waals surface area contributed by atoms with Gasteiger partial charge in [0.05, 0.1) is 29.3 Å². The van der Waals surface area contributed by atoms with Crippen molar-refractivity contribution in [3.05, 3.63) is 70.4 Å². The maximum atomic E-state index is 13.0. The van der Waals surface area contributed by atoms with Crippen molar-refractivity contribution in [1.82, 2.24) is 9.78 Å². The summed E-state index contributed by atoms with van der Waals surface area (Å²) in [5, 5.41) is 7.92. The van der Waals surface area contributed by atoms with E-state index in [1.807, 2.05) is 50.2 Å². The van der Waals surface area contributed by atoms with Crippen LogP contribution in [0.4, 0.5) is 5.69 Å². The number of nitrogens with one attached hydrogen (secondary N) is 1. The van der Waals surface area contributed by atoms with Gasteiger partial charge < -0.3 is 10.1 Å². The van der Waals surface area contributed by atoms with Crippen LogP contribution in [-0.2, 0) is 9.59 Å². The smallest absolute Gasteiger partial charge is 0.313 e. The fourth-order valence-electron chi connectivity index (χ4n) is 3.35. The van der Waals surface area contributed by atoms with E-state index >= 15 is 0 Å². The van der Waals surface area contributed by atoms with E-state index in [-0.39, 0.29) is 12.3 Å². The van der Waals surface area contributed by atoms with Crippen molar-refractivity contribution in [2.45, 2.75) is 26.2 Å². The number of para-hydroxylation sites is 1. The number of nitrogens with zero attached hydrogens (tertiary/aromatic N) is 2. The molecule has 1 aromatic heterocycles. The number of rotatable bonds is 3. The Kier molecular flexibility index (Phi) is 4.65. The molecule has 0 bridgehead atoms. The summed E-state index contributed by atoms with van der Waals surface area (Å²) in [6.07, 6.45) is -0.0419. The number of amides is 1. The van der Waals surface area contributed by atoms with E-state index in [9.17, 15) is 9.59 Å². The number of fused-ring (bicyclic) bond motifs is 1. The number of aryl methyl sites for hydroxylation is 2. The van der Waals surface area contributed by atoms with Crippen molar-refractivity contribution in [2.75, 3.05) is 5.32 Å². The molecule has 7 heteroatoms. The van der Waals surface area contributed by atoms with Crippen LogP contribution in [0.2, 0.25) is 5.02 Å². The minimum Gasteiger partial charge on any atom is -0.407 e. The van der Waals surface area contributed by atoms with Gasteiger partial charge in [-0.15, -0.1) is 0 Å². The van der Waals surface area contributed by atoms with E-state index in [2.05, 4.69) is 10.4 Å². The number of ether oxygens (including phenoxy) is 1. The summed E-state index contributed by atoms with van der Waals surface area (Å²) in [7, 11) is 0. The Morgan fingerprint density at radius 3 is 2.71 bits per heavy atom. The molecule has 0 fully saturated rings. The van der Waals surface area contributed by atoms with Gasteiger partial charge in [0.1, 0.15) is 0 Å². The van der Waals surface area contributed by atoms with Crippen LogP contribution in [0.3, 0.4) is 0 Å². The maximum absolute atomic E-state index is 13.0. The molecular formula is C21H18ClN3O3. The molecule has 3 aromatic rings. The van der Waals surface area contributed by atoms with Gasteiger partial charge in [0.25, 0.3) is 0 Å². The molecule has 2 aromatic carbocycles. The summed E-state index contributed by atoms with van der Waals surface area (Å²) in [6, 6.07) is 14.6. The van der Waals surface area contributed by atoms with E-state index in [0.29, 0.717) is 27.8 Å². The van der Waals surface area contributed by atoms with Crippen LogP contribution in [0.5, 0.6) is 5.88 Å². The fourth-order valence-corrected chi connectivity index (χ4v) is 3.52. The molecule has 1 aliphatic heterocycles. The van der Waals surface area contributed by atoms with Gasteiger partial charge in [-0.1, -0.05) is 35.9 Å². The first kappa shape index (κ1) is 18.3. The second-order valence-electron chi connectivity index (χ2n) is 6.73. The lowest BCUT2D eigenvalue weighted by Crippen LogP contribution is -2.30. The van der Waals surface area contributed by atoms with Crippen LogP contribution in [0, 0.1) is 13.8 Å². The number of benzene rings is 2. The lowest BCUT2D eigenvalue weighted by molar-refractivity contribution is -0.138. The summed E-state index contributed by atoms with van der Waals surface area (Å²) >= 11 is 6.05. The molecule has 1 aliphatic rings. The minimum absolute atomic E-state index is 0.0419. The van der Waals surface area contributed by atoms with Crippen molar-refractivity contribution in [2.24, 2.45) is 0 Å². The summed E-state index contributed by atoms with van der Waals surface area (Å²) in [5.74, 6) is -1.15. The Labute approximate surface area is 167 Å². The molecule has 1 unspecified atom stereocenters. The monoisotopic (exact) mass is 395 g/mol. The third kappa shape index (κ3) is 3.27. The first-order chi connectivity index (χ1) is 13.4. The second kappa shape index (κ2) is 7.13. The molecule has 0 saturated heterocycles. The molecule has 0 spiro atoms. The molecule has 142 valence electrons. The van der Waals surface area contributed by atoms with Gasteiger partial charge in [0.2, 0.25) is 11.8 Å². The molecule has 1 amide bonds. The molecule has 2 heterocycles. The average molecular weight is 396 g/mol. The Balaban J connectivity index is 1.73. The number of hydrogen-bond acceptors (Lipinski definition) is 4. The van der Waals surface area contributed by atoms with Crippen LogP contribution in [-0.4, -0.2) is 21.7 Å². The van der Waals surface area contributed by atoms with E-state index in [1.54, 1.807) is 16.8 Å². The standard InChI is InChI=1S/C21H18ClN3O3/c1-12-8-9-14(22)10-17(12)23-20(27)16-11-18(26)28-21-19(16)13(2)24-25(21)15-6-4-3-5-7-15/h3-10,16H,11H2,1-2H3,(H,23,27). The minimum atomic E-state index is -0.688. The second-order valence-corrected chi connectivity index (χ2v) is 7.17. The topological polar surface area (TPSA) is 73.2 Å². The number of anilines is 1. The van der Waals surface area contributed by atoms with Crippen LogP contribution in [0.1, 0.15) is 29.2 Å². The Hall–Kier alpha value is -3.12. The Morgan fingerprint density at radius 2 is 1.96 bits per heavy atom. The summed E-state index contributed by atoms with van der Waals surface area (Å²) in [6.45, 7) is 3.69. The van der Waals surface area contributed by atoms with Crippen LogP contribution in [0.25, 0.3) is 5.69 Å². The normalized spacial score (nSPS) is 15.7. The van der Waals surface area contributed by atoms with Crippen LogP contribution < -0.4 is 10.1 Å². The first-order valence-corrected chi connectivity index (χ1v) is 9.24. The van der Waals surface area contributed by atoms with E-state index in [0.717, 1.165) is 11.3 Å². The van der Waals surface area contributed by atoms with E-state index in [4.69, 9.17) is 16.3 Å². The quantitative estimate of drug-likeness (QED) is 0.675. The predicted octanol–water partition coefficient (Wildman–Crippen LogP) is 4.17. The van der Waals surface area contributed by atoms with Gasteiger partial charge in [-0.25, -0.2) is 4.68 Å². The zero-order valence-corrected chi connectivity index (χ0v) is 16.2. The molecule has 0 saturated carbocycles. The summed E-state index contributed by atoms with van der Waals surface area (Å²) in [5.41, 5.74) is 3.53. The maximum Gasteiger partial charge on any atom is 0.313 e. The third-order valence-corrected chi connectivity index (χ3v) is 5.00. The average Bonchev–Trinajstić information content (AvgIpc) is 3.01. The molecule has 28 heavy (non-hydrogen) atoms. The first-order valence-electron chi connectivity index (χ1n) is 8.86. The van der Waals surface area contributed by atoms with Crippen molar-refractivity contribution >= 4 is 29.2 Å². The number of aromatic nitrogens is 2. The SMILES string of the molecule is Cc1ccc(Cl)cc1NC(=O)C1CC(=O)Oc2c1c(C)nn2-c1ccccc1. The van der Waals surface area contributed by atoms with Crippen molar-refractivity contribution in [1.29, 1.82) is 0 Å². The van der Waals surface area contributed by atoms with Crippen molar-refractivity contribution in [3.63, 3.8) is 0 Å². The van der Waals surface area contributed by atoms with Crippen molar-refractivity contribution in [3.8, 4) is 11.6 Å². The largest absolute Gasteiger partial charge is 0.407 e. The Bertz CT molecular complexity index is 1080. The van der Waals surface area contributed by atoms with Crippen LogP contribution >= 0.6 is 11.6 Å². The molecule has 1 N–H and O–H groups in total. The van der Waals surface area contributed by atoms with Gasteiger partial charge in [-0.2, -0.15) is 5.10 Å². The zero-order valence-electron chi connectivity index (χ0n) is 15.4. The predicted molar refractivity (Wildman–Crippen MR) is 106 cm³/mol. The number of hydrogen-bond donors (Lipinski definition) is 1. The fraction of sp³-hybridized carbons (Fsp3) is 0.190. The van der Waals surface area contributed by atoms with E-state index < -0.39 is 11.9 Å². The lowest BCUT2D eigenvalue weighted by Gasteiger charge is -2.22. The summed E-state index contributed by atoms with van der Waals surface area (Å²) < 4.78 is 7.03.